The molecular formula is C22H25F4N7O5. The summed E-state index contributed by atoms with van der Waals surface area (Å²) < 4.78 is 66.7. The van der Waals surface area contributed by atoms with Gasteiger partial charge < -0.3 is 24.8 Å². The molecule has 206 valence electrons. The van der Waals surface area contributed by atoms with E-state index < -0.39 is 53.6 Å². The van der Waals surface area contributed by atoms with Crippen LogP contribution in [0.2, 0.25) is 0 Å². The number of alkyl halides is 3. The smallest absolute Gasteiger partial charge is 0.425 e. The number of amides is 1. The summed E-state index contributed by atoms with van der Waals surface area (Å²) in [5, 5.41) is 15.7. The van der Waals surface area contributed by atoms with E-state index in [0.717, 1.165) is 4.57 Å². The summed E-state index contributed by atoms with van der Waals surface area (Å²) in [5.41, 5.74) is -1.14. The maximum absolute atomic E-state index is 15.2. The largest absolute Gasteiger partial charge is 0.479 e. The molecule has 0 aliphatic heterocycles. The third-order valence-electron chi connectivity index (χ3n) is 5.32. The summed E-state index contributed by atoms with van der Waals surface area (Å²) in [7, 11) is 4.61. The number of nitrogens with one attached hydrogen (secondary N) is 1. The van der Waals surface area contributed by atoms with Crippen LogP contribution in [-0.2, 0) is 13.2 Å². The van der Waals surface area contributed by atoms with Crippen molar-refractivity contribution in [1.29, 1.82) is 0 Å². The molecule has 12 nitrogen and oxygen atoms in total. The van der Waals surface area contributed by atoms with Gasteiger partial charge in [-0.15, -0.1) is 5.10 Å². The number of aliphatic hydroxyl groups excluding tert-OH is 1. The summed E-state index contributed by atoms with van der Waals surface area (Å²) in [6.45, 7) is 1.63. The monoisotopic (exact) mass is 543 g/mol. The Labute approximate surface area is 213 Å². The van der Waals surface area contributed by atoms with Crippen LogP contribution in [0.15, 0.2) is 23.1 Å². The highest BCUT2D eigenvalue weighted by molar-refractivity contribution is 6.08. The fourth-order valence-corrected chi connectivity index (χ4v) is 3.37. The van der Waals surface area contributed by atoms with Gasteiger partial charge in [0.15, 0.2) is 23.6 Å². The number of anilines is 2. The van der Waals surface area contributed by atoms with Crippen molar-refractivity contribution in [3.05, 3.63) is 46.0 Å². The number of nitrogens with zero attached hydrogens (tertiary/aromatic N) is 6. The van der Waals surface area contributed by atoms with E-state index in [0.29, 0.717) is 23.4 Å². The van der Waals surface area contributed by atoms with Gasteiger partial charge in [-0.1, -0.05) is 0 Å². The minimum Gasteiger partial charge on any atom is -0.479 e. The van der Waals surface area contributed by atoms with Crippen molar-refractivity contribution in [3.8, 4) is 17.6 Å². The van der Waals surface area contributed by atoms with Crippen molar-refractivity contribution in [1.82, 2.24) is 24.3 Å². The number of carbonyl (C=O) groups is 1. The van der Waals surface area contributed by atoms with Gasteiger partial charge in [-0.25, -0.2) is 14.2 Å². The number of halogens is 4. The van der Waals surface area contributed by atoms with Crippen molar-refractivity contribution >= 4 is 17.3 Å². The molecule has 0 unspecified atom stereocenters. The van der Waals surface area contributed by atoms with Gasteiger partial charge in [0.25, 0.3) is 5.91 Å². The normalized spacial score (nSPS) is 12.3. The number of aromatic nitrogens is 5. The van der Waals surface area contributed by atoms with Gasteiger partial charge in [-0.05, 0) is 26.0 Å². The lowest BCUT2D eigenvalue weighted by Crippen LogP contribution is -2.33. The molecule has 3 aromatic rings. The quantitative estimate of drug-likeness (QED) is 0.389. The zero-order valence-electron chi connectivity index (χ0n) is 21.0. The lowest BCUT2D eigenvalue weighted by atomic mass is 10.2. The minimum absolute atomic E-state index is 0.0195. The fraction of sp³-hybridized carbons (Fsp3) is 0.409. The molecule has 3 aromatic heterocycles. The molecule has 0 aromatic carbocycles. The van der Waals surface area contributed by atoms with Gasteiger partial charge in [0.05, 0.1) is 12.8 Å². The maximum atomic E-state index is 15.2. The Morgan fingerprint density at radius 2 is 1.97 bits per heavy atom. The van der Waals surface area contributed by atoms with Crippen LogP contribution in [0, 0.1) is 5.82 Å². The van der Waals surface area contributed by atoms with Crippen molar-refractivity contribution in [2.24, 2.45) is 0 Å². The van der Waals surface area contributed by atoms with Crippen LogP contribution in [0.5, 0.6) is 11.8 Å². The van der Waals surface area contributed by atoms with E-state index in [1.807, 2.05) is 0 Å². The minimum atomic E-state index is -4.86. The molecule has 0 bridgehead atoms. The molecule has 3 rings (SSSR count). The standard InChI is InChI=1S/C22H25F4N7O5/c1-6-32-15(10-34)30-33(21(32)36)17-13(23)9-12(19(29-17)38-11(2)22(24,25)26)18(35)28-16-14(31(3)4)7-8-27-20(16)37-5/h7-9,11,34H,6,10H2,1-5H3,(H,28,35)/t11-/m0/s1. The molecule has 0 aliphatic carbocycles. The molecule has 1 amide bonds. The Hall–Kier alpha value is -4.21. The molecule has 0 radical (unpaired) electrons. The number of pyridine rings is 2. The van der Waals surface area contributed by atoms with Crippen LogP contribution in [0.4, 0.5) is 28.9 Å². The van der Waals surface area contributed by atoms with E-state index in [-0.39, 0.29) is 23.9 Å². The summed E-state index contributed by atoms with van der Waals surface area (Å²) in [6.07, 6.45) is -5.91. The van der Waals surface area contributed by atoms with Crippen molar-refractivity contribution in [2.75, 3.05) is 31.4 Å². The number of ether oxygens (including phenoxy) is 2. The van der Waals surface area contributed by atoms with Crippen LogP contribution in [0.25, 0.3) is 5.82 Å². The predicted octanol–water partition coefficient (Wildman–Crippen LogP) is 2.13. The highest BCUT2D eigenvalue weighted by atomic mass is 19.4. The average molecular weight is 543 g/mol. The molecule has 0 spiro atoms. The van der Waals surface area contributed by atoms with Gasteiger partial charge >= 0.3 is 11.9 Å². The van der Waals surface area contributed by atoms with Crippen molar-refractivity contribution in [3.63, 3.8) is 0 Å². The second kappa shape index (κ2) is 11.0. The Morgan fingerprint density at radius 1 is 1.29 bits per heavy atom. The lowest BCUT2D eigenvalue weighted by molar-refractivity contribution is -0.190. The summed E-state index contributed by atoms with van der Waals surface area (Å²) in [4.78, 5) is 35.2. The first-order valence-corrected chi connectivity index (χ1v) is 11.1. The molecule has 0 saturated heterocycles. The number of methoxy groups -OCH3 is 1. The molecule has 1 atom stereocenters. The van der Waals surface area contributed by atoms with Crippen LogP contribution in [0.1, 0.15) is 30.0 Å². The predicted molar refractivity (Wildman–Crippen MR) is 126 cm³/mol. The van der Waals surface area contributed by atoms with Crippen LogP contribution in [0.3, 0.4) is 0 Å². The third-order valence-corrected chi connectivity index (χ3v) is 5.32. The molecule has 16 heteroatoms. The van der Waals surface area contributed by atoms with E-state index in [2.05, 4.69) is 20.4 Å². The second-order valence-corrected chi connectivity index (χ2v) is 8.02. The third kappa shape index (κ3) is 5.53. The Balaban J connectivity index is 2.18. The van der Waals surface area contributed by atoms with Crippen molar-refractivity contribution < 1.29 is 36.9 Å². The molecule has 0 fully saturated rings. The van der Waals surface area contributed by atoms with E-state index >= 15 is 4.39 Å². The topological polar surface area (TPSA) is 137 Å². The highest BCUT2D eigenvalue weighted by Crippen LogP contribution is 2.34. The maximum Gasteiger partial charge on any atom is 0.425 e. The summed E-state index contributed by atoms with van der Waals surface area (Å²) in [6, 6.07) is 2.11. The van der Waals surface area contributed by atoms with Gasteiger partial charge in [0.1, 0.15) is 17.9 Å². The average Bonchev–Trinajstić information content (AvgIpc) is 3.18. The number of rotatable bonds is 9. The van der Waals surface area contributed by atoms with E-state index in [9.17, 15) is 27.9 Å². The molecule has 0 saturated carbocycles. The number of hydrogen-bond donors (Lipinski definition) is 2. The van der Waals surface area contributed by atoms with Crippen LogP contribution in [-0.4, -0.2) is 68.8 Å². The Kier molecular flexibility index (Phi) is 8.24. The van der Waals surface area contributed by atoms with Gasteiger partial charge in [-0.2, -0.15) is 22.8 Å². The molecule has 2 N–H and O–H groups in total. The van der Waals surface area contributed by atoms with E-state index in [4.69, 9.17) is 9.47 Å². The van der Waals surface area contributed by atoms with Gasteiger partial charge in [-0.3, -0.25) is 9.36 Å². The summed E-state index contributed by atoms with van der Waals surface area (Å²) >= 11 is 0. The van der Waals surface area contributed by atoms with Crippen LogP contribution < -0.4 is 25.4 Å². The van der Waals surface area contributed by atoms with Gasteiger partial charge in [0, 0.05) is 26.8 Å². The SMILES string of the molecule is CCn1c(CO)nn(-c2nc(O[C@@H](C)C(F)(F)F)c(C(=O)Nc3c(N(C)C)ccnc3OC)cc2F)c1=O. The summed E-state index contributed by atoms with van der Waals surface area (Å²) in [5.74, 6) is -4.25. The first-order valence-electron chi connectivity index (χ1n) is 11.1. The number of hydrogen-bond acceptors (Lipinski definition) is 9. The van der Waals surface area contributed by atoms with E-state index in [1.54, 1.807) is 32.0 Å². The molecule has 3 heterocycles. The Morgan fingerprint density at radius 3 is 2.50 bits per heavy atom. The Bertz CT molecular complexity index is 1390. The zero-order chi connectivity index (χ0) is 28.4. The number of aliphatic hydroxyl groups is 1. The zero-order valence-corrected chi connectivity index (χ0v) is 21.0. The van der Waals surface area contributed by atoms with Crippen LogP contribution >= 0.6 is 0 Å². The fourth-order valence-electron chi connectivity index (χ4n) is 3.37. The van der Waals surface area contributed by atoms with Gasteiger partial charge in [0.2, 0.25) is 11.8 Å². The first-order chi connectivity index (χ1) is 17.8. The van der Waals surface area contributed by atoms with Crippen molar-refractivity contribution in [2.45, 2.75) is 39.3 Å². The first kappa shape index (κ1) is 28.4. The van der Waals surface area contributed by atoms with E-state index in [1.165, 1.54) is 13.3 Å². The highest BCUT2D eigenvalue weighted by Gasteiger charge is 2.39. The molecule has 0 aliphatic rings. The lowest BCUT2D eigenvalue weighted by Gasteiger charge is -2.21. The molecule has 38 heavy (non-hydrogen) atoms. The second-order valence-electron chi connectivity index (χ2n) is 8.02. The molecular weight excluding hydrogens is 518 g/mol. The number of carbonyl (C=O) groups excluding carboxylic acids is 1.